The van der Waals surface area contributed by atoms with E-state index in [2.05, 4.69) is 10.6 Å². The smallest absolute Gasteiger partial charge is 0.315 e. The van der Waals surface area contributed by atoms with Gasteiger partial charge in [-0.3, -0.25) is 4.79 Å². The molecular weight excluding hydrogens is 306 g/mol. The lowest BCUT2D eigenvalue weighted by molar-refractivity contribution is -0.118. The molecule has 3 rings (SSSR count). The van der Waals surface area contributed by atoms with Crippen LogP contribution in [-0.4, -0.2) is 24.5 Å². The minimum atomic E-state index is -0.497. The van der Waals surface area contributed by atoms with Crippen molar-refractivity contribution in [2.24, 2.45) is 0 Å². The summed E-state index contributed by atoms with van der Waals surface area (Å²) in [5.74, 6) is 0.589. The Morgan fingerprint density at radius 1 is 1.29 bits per heavy atom. The number of nitrogens with zero attached hydrogens (tertiary/aromatic N) is 1. The van der Waals surface area contributed by atoms with E-state index in [1.807, 2.05) is 32.0 Å². The van der Waals surface area contributed by atoms with Gasteiger partial charge in [-0.05, 0) is 55.7 Å². The predicted molar refractivity (Wildman–Crippen MR) is 90.8 cm³/mol. The van der Waals surface area contributed by atoms with Crippen LogP contribution in [0.1, 0.15) is 23.3 Å². The van der Waals surface area contributed by atoms with Crippen LogP contribution in [0.2, 0.25) is 0 Å². The highest BCUT2D eigenvalue weighted by Crippen LogP contribution is 2.24. The van der Waals surface area contributed by atoms with E-state index in [9.17, 15) is 9.59 Å². The molecule has 1 atom stereocenters. The van der Waals surface area contributed by atoms with Crippen LogP contribution in [-0.2, 0) is 11.3 Å². The molecule has 0 saturated carbocycles. The lowest BCUT2D eigenvalue weighted by Gasteiger charge is -2.18. The summed E-state index contributed by atoms with van der Waals surface area (Å²) < 4.78 is 5.15. The third-order valence-corrected chi connectivity index (χ3v) is 4.32. The van der Waals surface area contributed by atoms with Gasteiger partial charge < -0.3 is 20.0 Å². The number of furan rings is 1. The Bertz CT molecular complexity index is 740. The molecule has 2 N–H and O–H groups in total. The van der Waals surface area contributed by atoms with Crippen LogP contribution in [0.15, 0.2) is 41.0 Å². The van der Waals surface area contributed by atoms with E-state index in [1.54, 1.807) is 23.3 Å². The summed E-state index contributed by atoms with van der Waals surface area (Å²) in [5.41, 5.74) is 3.22. The SMILES string of the molecule is Cc1ccc(N2CC[C@@H](NC(=O)NCc3ccco3)C2=O)cc1C. The second-order valence-electron chi connectivity index (χ2n) is 6.01. The Labute approximate surface area is 140 Å². The average molecular weight is 327 g/mol. The molecule has 6 heteroatoms. The van der Waals surface area contributed by atoms with Crippen LogP contribution in [0.4, 0.5) is 10.5 Å². The molecule has 0 bridgehead atoms. The Morgan fingerprint density at radius 3 is 2.83 bits per heavy atom. The lowest BCUT2D eigenvalue weighted by Crippen LogP contribution is -2.45. The van der Waals surface area contributed by atoms with Crippen molar-refractivity contribution in [3.63, 3.8) is 0 Å². The van der Waals surface area contributed by atoms with Gasteiger partial charge in [0.1, 0.15) is 11.8 Å². The monoisotopic (exact) mass is 327 g/mol. The molecule has 6 nitrogen and oxygen atoms in total. The fraction of sp³-hybridized carbons (Fsp3) is 0.333. The molecule has 1 aliphatic heterocycles. The largest absolute Gasteiger partial charge is 0.467 e. The fourth-order valence-electron chi connectivity index (χ4n) is 2.75. The lowest BCUT2D eigenvalue weighted by atomic mass is 10.1. The number of benzene rings is 1. The molecule has 1 fully saturated rings. The van der Waals surface area contributed by atoms with Gasteiger partial charge in [0, 0.05) is 12.2 Å². The molecule has 1 aromatic heterocycles. The van der Waals surface area contributed by atoms with Crippen LogP contribution in [0.3, 0.4) is 0 Å². The van der Waals surface area contributed by atoms with Crippen molar-refractivity contribution in [2.45, 2.75) is 32.9 Å². The summed E-state index contributed by atoms with van der Waals surface area (Å²) >= 11 is 0. The highest BCUT2D eigenvalue weighted by Gasteiger charge is 2.33. The van der Waals surface area contributed by atoms with Crippen LogP contribution in [0.5, 0.6) is 0 Å². The summed E-state index contributed by atoms with van der Waals surface area (Å²) in [5, 5.41) is 5.42. The third-order valence-electron chi connectivity index (χ3n) is 4.32. The van der Waals surface area contributed by atoms with Crippen molar-refractivity contribution in [1.82, 2.24) is 10.6 Å². The van der Waals surface area contributed by atoms with Crippen molar-refractivity contribution >= 4 is 17.6 Å². The minimum absolute atomic E-state index is 0.0774. The normalized spacial score (nSPS) is 17.2. The molecule has 1 aromatic carbocycles. The topological polar surface area (TPSA) is 74.6 Å². The van der Waals surface area contributed by atoms with E-state index in [0.717, 1.165) is 11.3 Å². The highest BCUT2D eigenvalue weighted by atomic mass is 16.3. The van der Waals surface area contributed by atoms with E-state index in [-0.39, 0.29) is 11.9 Å². The van der Waals surface area contributed by atoms with Crippen LogP contribution < -0.4 is 15.5 Å². The first-order chi connectivity index (χ1) is 11.5. The van der Waals surface area contributed by atoms with Crippen LogP contribution >= 0.6 is 0 Å². The van der Waals surface area contributed by atoms with Crippen molar-refractivity contribution in [3.05, 3.63) is 53.5 Å². The number of aryl methyl sites for hydroxylation is 2. The first-order valence-corrected chi connectivity index (χ1v) is 8.00. The second-order valence-corrected chi connectivity index (χ2v) is 6.01. The Balaban J connectivity index is 1.57. The van der Waals surface area contributed by atoms with Crippen molar-refractivity contribution in [2.75, 3.05) is 11.4 Å². The maximum atomic E-state index is 12.5. The number of carbonyl (C=O) groups excluding carboxylic acids is 2. The van der Waals surface area contributed by atoms with E-state index >= 15 is 0 Å². The highest BCUT2D eigenvalue weighted by molar-refractivity contribution is 6.01. The van der Waals surface area contributed by atoms with Gasteiger partial charge in [0.25, 0.3) is 0 Å². The number of hydrogen-bond donors (Lipinski definition) is 2. The van der Waals surface area contributed by atoms with Gasteiger partial charge in [0.15, 0.2) is 0 Å². The number of carbonyl (C=O) groups is 2. The first-order valence-electron chi connectivity index (χ1n) is 8.00. The summed E-state index contributed by atoms with van der Waals surface area (Å²) in [6.45, 7) is 4.96. The van der Waals surface area contributed by atoms with E-state index in [0.29, 0.717) is 25.3 Å². The maximum absolute atomic E-state index is 12.5. The molecule has 2 aromatic rings. The molecule has 0 unspecified atom stereocenters. The van der Waals surface area contributed by atoms with E-state index in [4.69, 9.17) is 4.42 Å². The summed E-state index contributed by atoms with van der Waals surface area (Å²) in [7, 11) is 0. The van der Waals surface area contributed by atoms with Gasteiger partial charge in [-0.2, -0.15) is 0 Å². The zero-order valence-electron chi connectivity index (χ0n) is 13.8. The molecule has 126 valence electrons. The number of nitrogens with one attached hydrogen (secondary N) is 2. The second kappa shape index (κ2) is 6.78. The zero-order chi connectivity index (χ0) is 17.1. The summed E-state index contributed by atoms with van der Waals surface area (Å²) in [4.78, 5) is 26.2. The quantitative estimate of drug-likeness (QED) is 0.906. The first kappa shape index (κ1) is 16.1. The Hall–Kier alpha value is -2.76. The molecule has 0 spiro atoms. The summed E-state index contributed by atoms with van der Waals surface area (Å²) in [6.07, 6.45) is 2.15. The molecule has 3 amide bonds. The molecule has 0 aliphatic carbocycles. The van der Waals surface area contributed by atoms with E-state index < -0.39 is 6.04 Å². The molecular formula is C18H21N3O3. The number of hydrogen-bond acceptors (Lipinski definition) is 3. The fourth-order valence-corrected chi connectivity index (χ4v) is 2.75. The average Bonchev–Trinajstić information content (AvgIpc) is 3.19. The molecule has 1 aliphatic rings. The zero-order valence-corrected chi connectivity index (χ0v) is 13.8. The third kappa shape index (κ3) is 3.42. The molecule has 2 heterocycles. The molecule has 0 radical (unpaired) electrons. The summed E-state index contributed by atoms with van der Waals surface area (Å²) in [6, 6.07) is 8.63. The van der Waals surface area contributed by atoms with Gasteiger partial charge in [-0.1, -0.05) is 6.07 Å². The van der Waals surface area contributed by atoms with Crippen LogP contribution in [0.25, 0.3) is 0 Å². The Morgan fingerprint density at radius 2 is 2.12 bits per heavy atom. The van der Waals surface area contributed by atoms with E-state index in [1.165, 1.54) is 5.56 Å². The predicted octanol–water partition coefficient (Wildman–Crippen LogP) is 2.50. The maximum Gasteiger partial charge on any atom is 0.315 e. The van der Waals surface area contributed by atoms with Gasteiger partial charge in [-0.15, -0.1) is 0 Å². The number of rotatable bonds is 4. The standard InChI is InChI=1S/C18H21N3O3/c1-12-5-6-14(10-13(12)2)21-8-7-16(17(21)22)20-18(23)19-11-15-4-3-9-24-15/h3-6,9-10,16H,7-8,11H2,1-2H3,(H2,19,20,23)/t16-/m1/s1. The van der Waals surface area contributed by atoms with Gasteiger partial charge in [0.05, 0.1) is 12.8 Å². The van der Waals surface area contributed by atoms with Crippen LogP contribution in [0, 0.1) is 13.8 Å². The Kier molecular flexibility index (Phi) is 4.55. The number of amides is 3. The minimum Gasteiger partial charge on any atom is -0.467 e. The van der Waals surface area contributed by atoms with Gasteiger partial charge in [0.2, 0.25) is 5.91 Å². The van der Waals surface area contributed by atoms with Gasteiger partial charge >= 0.3 is 6.03 Å². The van der Waals surface area contributed by atoms with Crippen molar-refractivity contribution in [3.8, 4) is 0 Å². The van der Waals surface area contributed by atoms with Crippen molar-refractivity contribution in [1.29, 1.82) is 0 Å². The van der Waals surface area contributed by atoms with Gasteiger partial charge in [-0.25, -0.2) is 4.79 Å². The molecule has 24 heavy (non-hydrogen) atoms. The van der Waals surface area contributed by atoms with Crippen molar-refractivity contribution < 1.29 is 14.0 Å². The number of urea groups is 1. The number of anilines is 1. The molecule has 1 saturated heterocycles.